The summed E-state index contributed by atoms with van der Waals surface area (Å²) in [5.74, 6) is -1.41. The molecule has 1 saturated heterocycles. The van der Waals surface area contributed by atoms with Gasteiger partial charge in [-0.2, -0.15) is 0 Å². The van der Waals surface area contributed by atoms with Crippen molar-refractivity contribution in [3.05, 3.63) is 101 Å². The third-order valence-corrected chi connectivity index (χ3v) is 4.92. The number of para-hydroxylation sites is 1. The van der Waals surface area contributed by atoms with E-state index in [-0.39, 0.29) is 18.0 Å². The molecule has 7 heteroatoms. The molecule has 0 radical (unpaired) electrons. The summed E-state index contributed by atoms with van der Waals surface area (Å²) in [6.07, 6.45) is 1.39. The smallest absolute Gasteiger partial charge is 0.335 e. The second kappa shape index (κ2) is 8.85. The predicted molar refractivity (Wildman–Crippen MR) is 117 cm³/mol. The lowest BCUT2D eigenvalue weighted by Crippen LogP contribution is -2.54. The van der Waals surface area contributed by atoms with Crippen LogP contribution in [-0.4, -0.2) is 17.8 Å². The van der Waals surface area contributed by atoms with Crippen molar-refractivity contribution >= 4 is 29.6 Å². The molecule has 0 bridgehead atoms. The van der Waals surface area contributed by atoms with Gasteiger partial charge in [-0.05, 0) is 48.9 Å². The maximum absolute atomic E-state index is 13.1. The number of carbonyl (C=O) groups is 3. The quantitative estimate of drug-likeness (QED) is 0.482. The van der Waals surface area contributed by atoms with Gasteiger partial charge < -0.3 is 4.74 Å². The summed E-state index contributed by atoms with van der Waals surface area (Å²) in [6, 6.07) is 18.8. The highest BCUT2D eigenvalue weighted by Gasteiger charge is 2.36. The first-order valence-electron chi connectivity index (χ1n) is 9.87. The molecule has 0 aromatic heterocycles. The zero-order valence-electron chi connectivity index (χ0n) is 17.2. The number of nitrogens with one attached hydrogen (secondary N) is 1. The van der Waals surface area contributed by atoms with Crippen LogP contribution in [0, 0.1) is 12.7 Å². The zero-order valence-corrected chi connectivity index (χ0v) is 17.2. The van der Waals surface area contributed by atoms with Gasteiger partial charge in [0.2, 0.25) is 0 Å². The van der Waals surface area contributed by atoms with Crippen molar-refractivity contribution in [2.24, 2.45) is 0 Å². The predicted octanol–water partition coefficient (Wildman–Crippen LogP) is 4.38. The summed E-state index contributed by atoms with van der Waals surface area (Å²) in [4.78, 5) is 38.8. The number of barbiturate groups is 1. The normalized spacial score (nSPS) is 15.1. The Morgan fingerprint density at radius 1 is 0.938 bits per heavy atom. The summed E-state index contributed by atoms with van der Waals surface area (Å²) >= 11 is 0. The molecule has 32 heavy (non-hydrogen) atoms. The lowest BCUT2D eigenvalue weighted by molar-refractivity contribution is -0.122. The van der Waals surface area contributed by atoms with E-state index in [2.05, 4.69) is 5.32 Å². The van der Waals surface area contributed by atoms with Crippen molar-refractivity contribution in [3.63, 3.8) is 0 Å². The van der Waals surface area contributed by atoms with Gasteiger partial charge in [0, 0.05) is 5.56 Å². The number of urea groups is 1. The Labute approximate surface area is 183 Å². The van der Waals surface area contributed by atoms with Gasteiger partial charge in [0.15, 0.2) is 0 Å². The molecule has 160 valence electrons. The molecule has 0 spiro atoms. The summed E-state index contributed by atoms with van der Waals surface area (Å²) < 4.78 is 18.9. The number of ether oxygens (including phenoxy) is 1. The van der Waals surface area contributed by atoms with Crippen LogP contribution in [0.25, 0.3) is 6.08 Å². The fourth-order valence-electron chi connectivity index (χ4n) is 3.21. The van der Waals surface area contributed by atoms with E-state index in [4.69, 9.17) is 4.74 Å². The van der Waals surface area contributed by atoms with Crippen molar-refractivity contribution in [1.29, 1.82) is 0 Å². The third-order valence-electron chi connectivity index (χ3n) is 4.92. The molecule has 1 aliphatic rings. The first kappa shape index (κ1) is 21.0. The Bertz CT molecular complexity index is 1220. The third kappa shape index (κ3) is 4.41. The van der Waals surface area contributed by atoms with Gasteiger partial charge in [0.25, 0.3) is 11.8 Å². The number of halogens is 1. The van der Waals surface area contributed by atoms with Gasteiger partial charge in [0.05, 0.1) is 5.69 Å². The fraction of sp³-hybridized carbons (Fsp3) is 0.0800. The van der Waals surface area contributed by atoms with Crippen LogP contribution in [-0.2, 0) is 16.2 Å². The first-order chi connectivity index (χ1) is 15.4. The molecular weight excluding hydrogens is 411 g/mol. The molecule has 0 unspecified atom stereocenters. The zero-order chi connectivity index (χ0) is 22.7. The topological polar surface area (TPSA) is 75.7 Å². The van der Waals surface area contributed by atoms with E-state index in [0.29, 0.717) is 17.0 Å². The average Bonchev–Trinajstić information content (AvgIpc) is 2.78. The lowest BCUT2D eigenvalue weighted by Gasteiger charge is -2.26. The number of nitrogens with zero attached hydrogens (tertiary/aromatic N) is 1. The Morgan fingerprint density at radius 2 is 1.62 bits per heavy atom. The second-order valence-electron chi connectivity index (χ2n) is 7.25. The van der Waals surface area contributed by atoms with Crippen LogP contribution in [0.4, 0.5) is 14.9 Å². The summed E-state index contributed by atoms with van der Waals surface area (Å²) in [5, 5.41) is 2.21. The minimum Gasteiger partial charge on any atom is -0.488 e. The SMILES string of the molecule is Cc1ccc(N2C(=O)NC(=O)/C(=C\c3ccccc3OCc3ccc(F)cc3)C2=O)cc1. The molecule has 3 aromatic rings. The largest absolute Gasteiger partial charge is 0.488 e. The molecule has 4 amide bonds. The number of hydrogen-bond acceptors (Lipinski definition) is 4. The highest BCUT2D eigenvalue weighted by molar-refractivity contribution is 6.39. The Morgan fingerprint density at radius 3 is 2.34 bits per heavy atom. The number of imide groups is 2. The number of rotatable bonds is 5. The maximum atomic E-state index is 13.1. The Kier molecular flexibility index (Phi) is 5.81. The summed E-state index contributed by atoms with van der Waals surface area (Å²) in [7, 11) is 0. The number of aryl methyl sites for hydroxylation is 1. The van der Waals surface area contributed by atoms with Gasteiger partial charge in [-0.1, -0.05) is 48.0 Å². The number of carbonyl (C=O) groups excluding carboxylic acids is 3. The molecular formula is C25H19FN2O4. The molecule has 3 aromatic carbocycles. The van der Waals surface area contributed by atoms with E-state index in [0.717, 1.165) is 16.0 Å². The van der Waals surface area contributed by atoms with E-state index in [1.54, 1.807) is 60.7 Å². The average molecular weight is 430 g/mol. The maximum Gasteiger partial charge on any atom is 0.335 e. The summed E-state index contributed by atoms with van der Waals surface area (Å²) in [5.41, 5.74) is 2.39. The van der Waals surface area contributed by atoms with Crippen molar-refractivity contribution < 1.29 is 23.5 Å². The molecule has 0 saturated carbocycles. The fourth-order valence-corrected chi connectivity index (χ4v) is 3.21. The molecule has 4 rings (SSSR count). The van der Waals surface area contributed by atoms with Crippen LogP contribution >= 0.6 is 0 Å². The van der Waals surface area contributed by atoms with Crippen molar-refractivity contribution in [2.75, 3.05) is 4.90 Å². The molecule has 1 aliphatic heterocycles. The molecule has 0 aliphatic carbocycles. The van der Waals surface area contributed by atoms with E-state index in [9.17, 15) is 18.8 Å². The molecule has 1 heterocycles. The van der Waals surface area contributed by atoms with Crippen LogP contribution in [0.15, 0.2) is 78.4 Å². The number of benzene rings is 3. The highest BCUT2D eigenvalue weighted by Crippen LogP contribution is 2.26. The number of hydrogen-bond donors (Lipinski definition) is 1. The van der Waals surface area contributed by atoms with E-state index < -0.39 is 17.8 Å². The molecule has 1 fully saturated rings. The molecule has 0 atom stereocenters. The number of anilines is 1. The van der Waals surface area contributed by atoms with Gasteiger partial charge >= 0.3 is 6.03 Å². The van der Waals surface area contributed by atoms with Crippen LogP contribution in [0.1, 0.15) is 16.7 Å². The van der Waals surface area contributed by atoms with Crippen LogP contribution < -0.4 is 15.0 Å². The minimum atomic E-state index is -0.804. The van der Waals surface area contributed by atoms with Crippen LogP contribution in [0.5, 0.6) is 5.75 Å². The highest BCUT2D eigenvalue weighted by atomic mass is 19.1. The molecule has 6 nitrogen and oxygen atoms in total. The monoisotopic (exact) mass is 430 g/mol. The standard InChI is InChI=1S/C25H19FN2O4/c1-16-6-12-20(13-7-16)28-24(30)21(23(29)27-25(28)31)14-18-4-2-3-5-22(18)32-15-17-8-10-19(26)11-9-17/h2-14H,15H2,1H3,(H,27,29,31)/b21-14+. The first-order valence-corrected chi connectivity index (χ1v) is 9.87. The Balaban J connectivity index is 1.62. The second-order valence-corrected chi connectivity index (χ2v) is 7.25. The van der Waals surface area contributed by atoms with E-state index >= 15 is 0 Å². The Hall–Kier alpha value is -4.26. The van der Waals surface area contributed by atoms with Crippen molar-refractivity contribution in [2.45, 2.75) is 13.5 Å². The van der Waals surface area contributed by atoms with Crippen molar-refractivity contribution in [3.8, 4) is 5.75 Å². The van der Waals surface area contributed by atoms with Crippen LogP contribution in [0.2, 0.25) is 0 Å². The lowest BCUT2D eigenvalue weighted by atomic mass is 10.1. The van der Waals surface area contributed by atoms with Gasteiger partial charge in [-0.15, -0.1) is 0 Å². The van der Waals surface area contributed by atoms with E-state index in [1.807, 2.05) is 6.92 Å². The van der Waals surface area contributed by atoms with Gasteiger partial charge in [0.1, 0.15) is 23.7 Å². The minimum absolute atomic E-state index is 0.175. The number of amides is 4. The summed E-state index contributed by atoms with van der Waals surface area (Å²) in [6.45, 7) is 2.06. The van der Waals surface area contributed by atoms with Crippen LogP contribution in [0.3, 0.4) is 0 Å². The van der Waals surface area contributed by atoms with Crippen molar-refractivity contribution in [1.82, 2.24) is 5.32 Å². The van der Waals surface area contributed by atoms with Gasteiger partial charge in [-0.25, -0.2) is 14.1 Å². The van der Waals surface area contributed by atoms with E-state index in [1.165, 1.54) is 18.2 Å². The molecule has 1 N–H and O–H groups in total. The van der Waals surface area contributed by atoms with Gasteiger partial charge in [-0.3, -0.25) is 14.9 Å².